The molecule has 3 aromatic rings. The van der Waals surface area contributed by atoms with E-state index in [2.05, 4.69) is 15.6 Å². The molecule has 0 aliphatic heterocycles. The molecule has 6 nitrogen and oxygen atoms in total. The molecule has 0 atom stereocenters. The molecule has 148 valence electrons. The summed E-state index contributed by atoms with van der Waals surface area (Å²) in [7, 11) is 1.89. The lowest BCUT2D eigenvalue weighted by Crippen LogP contribution is -2.28. The summed E-state index contributed by atoms with van der Waals surface area (Å²) in [5, 5.41) is 6.35. The SMILES string of the molecule is CCOc1ccc2[nH]cc(C(=O)NCc3cccc(CNC)c3)c(=O)c2c1.Cl. The maximum Gasteiger partial charge on any atom is 0.257 e. The van der Waals surface area contributed by atoms with Crippen molar-refractivity contribution in [3.05, 3.63) is 75.6 Å². The highest BCUT2D eigenvalue weighted by Crippen LogP contribution is 2.17. The summed E-state index contributed by atoms with van der Waals surface area (Å²) >= 11 is 0. The van der Waals surface area contributed by atoms with Crippen LogP contribution in [-0.2, 0) is 13.1 Å². The van der Waals surface area contributed by atoms with Crippen molar-refractivity contribution in [1.82, 2.24) is 15.6 Å². The van der Waals surface area contributed by atoms with Crippen LogP contribution in [0.4, 0.5) is 0 Å². The third-order valence-corrected chi connectivity index (χ3v) is 4.23. The number of carbonyl (C=O) groups excluding carboxylic acids is 1. The first kappa shape index (κ1) is 21.5. The van der Waals surface area contributed by atoms with Gasteiger partial charge in [0.1, 0.15) is 11.3 Å². The van der Waals surface area contributed by atoms with Crippen LogP contribution in [0.15, 0.2) is 53.5 Å². The topological polar surface area (TPSA) is 83.2 Å². The first-order valence-corrected chi connectivity index (χ1v) is 8.91. The Morgan fingerprint density at radius 1 is 1.11 bits per heavy atom. The maximum absolute atomic E-state index is 12.7. The third kappa shape index (κ3) is 4.91. The van der Waals surface area contributed by atoms with Crippen molar-refractivity contribution in [2.24, 2.45) is 0 Å². The zero-order valence-electron chi connectivity index (χ0n) is 15.9. The Bertz CT molecular complexity index is 1020. The molecule has 0 radical (unpaired) electrons. The van der Waals surface area contributed by atoms with E-state index in [1.54, 1.807) is 18.2 Å². The lowest BCUT2D eigenvalue weighted by molar-refractivity contribution is 0.0949. The molecular formula is C21H24ClN3O3. The second kappa shape index (κ2) is 9.92. The van der Waals surface area contributed by atoms with Crippen molar-refractivity contribution >= 4 is 29.2 Å². The average Bonchev–Trinajstić information content (AvgIpc) is 2.68. The number of amides is 1. The van der Waals surface area contributed by atoms with Gasteiger partial charge in [-0.1, -0.05) is 24.3 Å². The monoisotopic (exact) mass is 401 g/mol. The number of ether oxygens (including phenoxy) is 1. The van der Waals surface area contributed by atoms with Crippen molar-refractivity contribution in [3.8, 4) is 5.75 Å². The van der Waals surface area contributed by atoms with Crippen LogP contribution in [0, 0.1) is 0 Å². The molecular weight excluding hydrogens is 378 g/mol. The molecule has 0 bridgehead atoms. The van der Waals surface area contributed by atoms with Crippen LogP contribution in [-0.4, -0.2) is 24.5 Å². The van der Waals surface area contributed by atoms with Crippen LogP contribution >= 0.6 is 12.4 Å². The lowest BCUT2D eigenvalue weighted by atomic mass is 10.1. The van der Waals surface area contributed by atoms with E-state index < -0.39 is 5.91 Å². The molecule has 0 saturated carbocycles. The van der Waals surface area contributed by atoms with Gasteiger partial charge < -0.3 is 20.4 Å². The summed E-state index contributed by atoms with van der Waals surface area (Å²) in [5.74, 6) is 0.202. The van der Waals surface area contributed by atoms with Crippen LogP contribution in [0.1, 0.15) is 28.4 Å². The van der Waals surface area contributed by atoms with Crippen molar-refractivity contribution in [2.75, 3.05) is 13.7 Å². The number of halogens is 1. The van der Waals surface area contributed by atoms with E-state index in [4.69, 9.17) is 4.74 Å². The van der Waals surface area contributed by atoms with Gasteiger partial charge in [0, 0.05) is 30.2 Å². The van der Waals surface area contributed by atoms with Crippen molar-refractivity contribution in [3.63, 3.8) is 0 Å². The van der Waals surface area contributed by atoms with Gasteiger partial charge in [0.2, 0.25) is 5.43 Å². The summed E-state index contributed by atoms with van der Waals surface area (Å²) in [6.45, 7) is 3.50. The number of rotatable bonds is 7. The third-order valence-electron chi connectivity index (χ3n) is 4.23. The average molecular weight is 402 g/mol. The molecule has 0 spiro atoms. The number of aromatic nitrogens is 1. The molecule has 0 fully saturated rings. The minimum atomic E-state index is -0.404. The summed E-state index contributed by atoms with van der Waals surface area (Å²) in [6.07, 6.45) is 1.46. The highest BCUT2D eigenvalue weighted by atomic mass is 35.5. The van der Waals surface area contributed by atoms with Crippen molar-refractivity contribution in [2.45, 2.75) is 20.0 Å². The minimum Gasteiger partial charge on any atom is -0.494 e. The fourth-order valence-corrected chi connectivity index (χ4v) is 2.95. The molecule has 3 N–H and O–H groups in total. The van der Waals surface area contributed by atoms with E-state index in [1.165, 1.54) is 6.20 Å². The van der Waals surface area contributed by atoms with Crippen molar-refractivity contribution in [1.29, 1.82) is 0 Å². The smallest absolute Gasteiger partial charge is 0.257 e. The molecule has 1 heterocycles. The van der Waals surface area contributed by atoms with Gasteiger partial charge in [0.25, 0.3) is 5.91 Å². The Kier molecular flexibility index (Phi) is 7.61. The zero-order valence-corrected chi connectivity index (χ0v) is 16.7. The number of fused-ring (bicyclic) bond motifs is 1. The Hall–Kier alpha value is -2.83. The second-order valence-corrected chi connectivity index (χ2v) is 6.20. The standard InChI is InChI=1S/C21H23N3O3.ClH/c1-3-27-16-7-8-19-17(10-16)20(25)18(13-23-19)21(26)24-12-15-6-4-5-14(9-15)11-22-2;/h4-10,13,22H,3,11-12H2,1-2H3,(H,23,25)(H,24,26);1H. The zero-order chi connectivity index (χ0) is 19.2. The Labute approximate surface area is 169 Å². The fraction of sp³-hybridized carbons (Fsp3) is 0.238. The molecule has 0 aliphatic carbocycles. The largest absolute Gasteiger partial charge is 0.494 e. The molecule has 0 saturated heterocycles. The van der Waals surface area contributed by atoms with Gasteiger partial charge in [-0.15, -0.1) is 12.4 Å². The number of H-pyrrole nitrogens is 1. The van der Waals surface area contributed by atoms with Crippen LogP contribution in [0.25, 0.3) is 10.9 Å². The van der Waals surface area contributed by atoms with E-state index in [9.17, 15) is 9.59 Å². The number of nitrogens with one attached hydrogen (secondary N) is 3. The molecule has 0 aliphatic rings. The predicted molar refractivity (Wildman–Crippen MR) is 113 cm³/mol. The summed E-state index contributed by atoms with van der Waals surface area (Å²) in [6, 6.07) is 13.2. The Morgan fingerprint density at radius 2 is 1.86 bits per heavy atom. The molecule has 3 rings (SSSR count). The Balaban J connectivity index is 0.00000280. The summed E-state index contributed by atoms with van der Waals surface area (Å²) in [4.78, 5) is 28.3. The van der Waals surface area contributed by atoms with E-state index in [0.717, 1.165) is 17.7 Å². The van der Waals surface area contributed by atoms with Gasteiger partial charge in [-0.3, -0.25) is 9.59 Å². The van der Waals surface area contributed by atoms with Gasteiger partial charge in [0.15, 0.2) is 0 Å². The van der Waals surface area contributed by atoms with Gasteiger partial charge in [0.05, 0.1) is 6.61 Å². The predicted octanol–water partition coefficient (Wildman–Crippen LogP) is 3.00. The highest BCUT2D eigenvalue weighted by Gasteiger charge is 2.13. The number of carbonyl (C=O) groups is 1. The summed E-state index contributed by atoms with van der Waals surface area (Å²) < 4.78 is 5.45. The number of aromatic amines is 1. The maximum atomic E-state index is 12.7. The van der Waals surface area contributed by atoms with Gasteiger partial charge in [-0.2, -0.15) is 0 Å². The van der Waals surface area contributed by atoms with Gasteiger partial charge in [-0.25, -0.2) is 0 Å². The van der Waals surface area contributed by atoms with E-state index in [-0.39, 0.29) is 23.4 Å². The number of pyridine rings is 1. The molecule has 0 unspecified atom stereocenters. The second-order valence-electron chi connectivity index (χ2n) is 6.20. The minimum absolute atomic E-state index is 0. The number of hydrogen-bond acceptors (Lipinski definition) is 4. The molecule has 1 aromatic heterocycles. The lowest BCUT2D eigenvalue weighted by Gasteiger charge is -2.09. The first-order chi connectivity index (χ1) is 13.1. The molecule has 1 amide bonds. The quantitative estimate of drug-likeness (QED) is 0.568. The van der Waals surface area contributed by atoms with Crippen LogP contribution < -0.4 is 20.8 Å². The van der Waals surface area contributed by atoms with Crippen molar-refractivity contribution < 1.29 is 9.53 Å². The van der Waals surface area contributed by atoms with E-state index >= 15 is 0 Å². The number of hydrogen-bond donors (Lipinski definition) is 3. The van der Waals surface area contributed by atoms with Crippen LogP contribution in [0.2, 0.25) is 0 Å². The fourth-order valence-electron chi connectivity index (χ4n) is 2.95. The van der Waals surface area contributed by atoms with Crippen LogP contribution in [0.5, 0.6) is 5.75 Å². The van der Waals surface area contributed by atoms with Gasteiger partial charge >= 0.3 is 0 Å². The normalized spacial score (nSPS) is 10.4. The molecule has 2 aromatic carbocycles. The number of benzene rings is 2. The first-order valence-electron chi connectivity index (χ1n) is 8.91. The van der Waals surface area contributed by atoms with Crippen LogP contribution in [0.3, 0.4) is 0 Å². The highest BCUT2D eigenvalue weighted by molar-refractivity contribution is 5.97. The van der Waals surface area contributed by atoms with E-state index in [1.807, 2.05) is 38.2 Å². The molecule has 28 heavy (non-hydrogen) atoms. The van der Waals surface area contributed by atoms with Gasteiger partial charge in [-0.05, 0) is 43.3 Å². The molecule has 7 heteroatoms. The van der Waals surface area contributed by atoms with E-state index in [0.29, 0.717) is 29.8 Å². The Morgan fingerprint density at radius 3 is 2.57 bits per heavy atom. The summed E-state index contributed by atoms with van der Waals surface area (Å²) in [5.41, 5.74) is 2.55.